The summed E-state index contributed by atoms with van der Waals surface area (Å²) in [4.78, 5) is 14.0. The number of amides is 1. The van der Waals surface area contributed by atoms with Crippen LogP contribution in [-0.2, 0) is 0 Å². The van der Waals surface area contributed by atoms with E-state index in [4.69, 9.17) is 0 Å². The van der Waals surface area contributed by atoms with Crippen LogP contribution in [0.1, 0.15) is 39.9 Å². The van der Waals surface area contributed by atoms with E-state index < -0.39 is 0 Å². The molecule has 2 rings (SSSR count). The maximum atomic E-state index is 11.8. The Morgan fingerprint density at radius 2 is 2.28 bits per heavy atom. The van der Waals surface area contributed by atoms with Gasteiger partial charge in [-0.05, 0) is 23.4 Å². The summed E-state index contributed by atoms with van der Waals surface area (Å²) in [5.41, 5.74) is 3.21. The van der Waals surface area contributed by atoms with Crippen molar-refractivity contribution >= 4 is 34.8 Å². The van der Waals surface area contributed by atoms with Crippen LogP contribution in [-0.4, -0.2) is 12.1 Å². The van der Waals surface area contributed by atoms with Crippen molar-refractivity contribution in [3.63, 3.8) is 0 Å². The number of thiophene rings is 2. The van der Waals surface area contributed by atoms with Crippen LogP contribution in [0.3, 0.4) is 0 Å². The summed E-state index contributed by atoms with van der Waals surface area (Å²) in [7, 11) is 0. The van der Waals surface area contributed by atoms with Crippen LogP contribution in [0.5, 0.6) is 0 Å². The lowest BCUT2D eigenvalue weighted by Crippen LogP contribution is -2.16. The first kappa shape index (κ1) is 13.0. The first-order valence-corrected chi connectivity index (χ1v) is 7.38. The summed E-state index contributed by atoms with van der Waals surface area (Å²) in [5, 5.41) is 7.77. The molecule has 94 valence electrons. The highest BCUT2D eigenvalue weighted by molar-refractivity contribution is 7.11. The molecule has 0 spiro atoms. The third-order valence-corrected chi connectivity index (χ3v) is 4.39. The molecular weight excluding hydrogens is 264 g/mol. The molecule has 0 aromatic carbocycles. The Bertz CT molecular complexity index is 541. The second-order valence-corrected chi connectivity index (χ2v) is 6.03. The van der Waals surface area contributed by atoms with Gasteiger partial charge in [-0.25, -0.2) is 5.43 Å². The number of hydrogen-bond acceptors (Lipinski definition) is 4. The summed E-state index contributed by atoms with van der Waals surface area (Å²) in [6.45, 7) is 4.23. The van der Waals surface area contributed by atoms with Crippen molar-refractivity contribution in [1.29, 1.82) is 0 Å². The van der Waals surface area contributed by atoms with Crippen LogP contribution in [0.2, 0.25) is 0 Å². The number of rotatable bonds is 4. The van der Waals surface area contributed by atoms with Gasteiger partial charge in [0.2, 0.25) is 0 Å². The van der Waals surface area contributed by atoms with Gasteiger partial charge in [0.25, 0.3) is 5.91 Å². The predicted molar refractivity (Wildman–Crippen MR) is 77.8 cm³/mol. The molecule has 2 aromatic heterocycles. The van der Waals surface area contributed by atoms with Crippen molar-refractivity contribution in [1.82, 2.24) is 5.43 Å². The number of nitrogens with one attached hydrogen (secondary N) is 1. The highest BCUT2D eigenvalue weighted by Gasteiger charge is 2.09. The van der Waals surface area contributed by atoms with Crippen LogP contribution in [0, 0.1) is 0 Å². The highest BCUT2D eigenvalue weighted by Crippen LogP contribution is 2.22. The summed E-state index contributed by atoms with van der Waals surface area (Å²) in [5.74, 6) is 0.289. The summed E-state index contributed by atoms with van der Waals surface area (Å²) in [6, 6.07) is 5.81. The van der Waals surface area contributed by atoms with E-state index in [9.17, 15) is 4.79 Å². The minimum Gasteiger partial charge on any atom is -0.267 e. The van der Waals surface area contributed by atoms with Crippen LogP contribution >= 0.6 is 22.7 Å². The molecule has 18 heavy (non-hydrogen) atoms. The molecular formula is C13H14N2OS2. The summed E-state index contributed by atoms with van der Waals surface area (Å²) >= 11 is 3.19. The fourth-order valence-corrected chi connectivity index (χ4v) is 2.85. The number of hydrazone groups is 1. The van der Waals surface area contributed by atoms with Gasteiger partial charge in [-0.2, -0.15) is 5.10 Å². The van der Waals surface area contributed by atoms with Gasteiger partial charge >= 0.3 is 0 Å². The Morgan fingerprint density at radius 3 is 2.89 bits per heavy atom. The van der Waals surface area contributed by atoms with Crippen molar-refractivity contribution in [3.05, 3.63) is 44.3 Å². The third-order valence-electron chi connectivity index (χ3n) is 2.35. The molecule has 3 nitrogen and oxygen atoms in total. The van der Waals surface area contributed by atoms with Gasteiger partial charge in [0, 0.05) is 15.1 Å². The highest BCUT2D eigenvalue weighted by atomic mass is 32.1. The van der Waals surface area contributed by atoms with E-state index in [-0.39, 0.29) is 5.91 Å². The molecule has 0 aliphatic heterocycles. The first-order chi connectivity index (χ1) is 8.66. The van der Waals surface area contributed by atoms with E-state index >= 15 is 0 Å². The maximum absolute atomic E-state index is 11.8. The van der Waals surface area contributed by atoms with Crippen molar-refractivity contribution < 1.29 is 4.79 Å². The second kappa shape index (κ2) is 5.93. The molecule has 0 atom stereocenters. The average molecular weight is 278 g/mol. The van der Waals surface area contributed by atoms with Gasteiger partial charge in [-0.3, -0.25) is 4.79 Å². The van der Waals surface area contributed by atoms with E-state index in [2.05, 4.69) is 24.4 Å². The number of nitrogens with zero attached hydrogens (tertiary/aromatic N) is 1. The zero-order valence-corrected chi connectivity index (χ0v) is 11.8. The van der Waals surface area contributed by atoms with E-state index in [0.717, 1.165) is 4.88 Å². The molecule has 1 amide bonds. The van der Waals surface area contributed by atoms with Crippen LogP contribution < -0.4 is 5.43 Å². The molecule has 2 aromatic rings. The molecule has 0 aliphatic rings. The zero-order valence-electron chi connectivity index (χ0n) is 10.2. The lowest BCUT2D eigenvalue weighted by molar-refractivity contribution is 0.0955. The molecule has 0 bridgehead atoms. The van der Waals surface area contributed by atoms with Gasteiger partial charge in [0.05, 0.1) is 11.8 Å². The van der Waals surface area contributed by atoms with Gasteiger partial charge < -0.3 is 0 Å². The fourth-order valence-electron chi connectivity index (χ4n) is 1.36. The molecule has 0 saturated heterocycles. The average Bonchev–Trinajstić information content (AvgIpc) is 2.99. The molecule has 0 saturated carbocycles. The molecule has 0 aliphatic carbocycles. The lowest BCUT2D eigenvalue weighted by atomic mass is 10.1. The van der Waals surface area contributed by atoms with Crippen LogP contribution in [0.15, 0.2) is 34.1 Å². The third kappa shape index (κ3) is 3.27. The minimum absolute atomic E-state index is 0.161. The van der Waals surface area contributed by atoms with Crippen molar-refractivity contribution in [2.24, 2.45) is 5.10 Å². The molecule has 0 unspecified atom stereocenters. The Balaban J connectivity index is 1.95. The topological polar surface area (TPSA) is 41.5 Å². The SMILES string of the molecule is CC(C)c1cc(C(=O)NN=Cc2cccs2)cs1. The van der Waals surface area contributed by atoms with Crippen LogP contribution in [0.25, 0.3) is 0 Å². The van der Waals surface area contributed by atoms with E-state index in [1.165, 1.54) is 4.88 Å². The molecule has 1 N–H and O–H groups in total. The predicted octanol–water partition coefficient (Wildman–Crippen LogP) is 3.70. The van der Waals surface area contributed by atoms with Gasteiger partial charge in [-0.1, -0.05) is 19.9 Å². The smallest absolute Gasteiger partial charge is 0.267 e. The van der Waals surface area contributed by atoms with E-state index in [1.54, 1.807) is 28.9 Å². The van der Waals surface area contributed by atoms with E-state index in [0.29, 0.717) is 11.5 Å². The number of hydrogen-bond donors (Lipinski definition) is 1. The second-order valence-electron chi connectivity index (χ2n) is 4.11. The van der Waals surface area contributed by atoms with Crippen molar-refractivity contribution in [2.45, 2.75) is 19.8 Å². The minimum atomic E-state index is -0.161. The summed E-state index contributed by atoms with van der Waals surface area (Å²) in [6.07, 6.45) is 1.65. The van der Waals surface area contributed by atoms with Crippen molar-refractivity contribution in [2.75, 3.05) is 0 Å². The lowest BCUT2D eigenvalue weighted by Gasteiger charge is -1.97. The van der Waals surface area contributed by atoms with E-state index in [1.807, 2.05) is 29.0 Å². The Kier molecular flexibility index (Phi) is 4.28. The Morgan fingerprint density at radius 1 is 1.44 bits per heavy atom. The molecule has 0 fully saturated rings. The summed E-state index contributed by atoms with van der Waals surface area (Å²) < 4.78 is 0. The van der Waals surface area contributed by atoms with Gasteiger partial charge in [0.1, 0.15) is 0 Å². The molecule has 5 heteroatoms. The molecule has 2 heterocycles. The van der Waals surface area contributed by atoms with Crippen LogP contribution in [0.4, 0.5) is 0 Å². The monoisotopic (exact) mass is 278 g/mol. The quantitative estimate of drug-likeness (QED) is 0.672. The Hall–Kier alpha value is -1.46. The molecule has 0 radical (unpaired) electrons. The number of carbonyl (C=O) groups excluding carboxylic acids is 1. The Labute approximate surface area is 114 Å². The maximum Gasteiger partial charge on any atom is 0.272 e. The largest absolute Gasteiger partial charge is 0.272 e. The zero-order chi connectivity index (χ0) is 13.0. The first-order valence-electron chi connectivity index (χ1n) is 5.62. The van der Waals surface area contributed by atoms with Gasteiger partial charge in [0.15, 0.2) is 0 Å². The van der Waals surface area contributed by atoms with Gasteiger partial charge in [-0.15, -0.1) is 22.7 Å². The number of carbonyl (C=O) groups is 1. The van der Waals surface area contributed by atoms with Crippen molar-refractivity contribution in [3.8, 4) is 0 Å². The normalized spacial score (nSPS) is 11.3. The standard InChI is InChI=1S/C13H14N2OS2/c1-9(2)12-6-10(8-18-12)13(16)15-14-7-11-4-3-5-17-11/h3-9H,1-2H3,(H,15,16). The fraction of sp³-hybridized carbons (Fsp3) is 0.231.